The third-order valence-corrected chi connectivity index (χ3v) is 3.54. The fraction of sp³-hybridized carbons (Fsp3) is 0.875. The van der Waals surface area contributed by atoms with Gasteiger partial charge in [0.05, 0.1) is 12.3 Å². The van der Waals surface area contributed by atoms with Crippen LogP contribution in [0.25, 0.3) is 0 Å². The Morgan fingerprint density at radius 2 is 2.14 bits per heavy atom. The van der Waals surface area contributed by atoms with Crippen LogP contribution in [-0.2, 0) is 14.8 Å². The molecule has 0 aliphatic carbocycles. The zero-order chi connectivity index (χ0) is 10.8. The van der Waals surface area contributed by atoms with E-state index in [1.165, 1.54) is 6.92 Å². The van der Waals surface area contributed by atoms with Gasteiger partial charge >= 0.3 is 0 Å². The van der Waals surface area contributed by atoms with Crippen LogP contribution < -0.4 is 5.32 Å². The first kappa shape index (κ1) is 11.5. The Kier molecular flexibility index (Phi) is 3.49. The SMILES string of the molecule is CC(=O)N(C1CCCNC1)S(C)(=O)=O. The van der Waals surface area contributed by atoms with Crippen LogP contribution in [-0.4, -0.2) is 44.0 Å². The lowest BCUT2D eigenvalue weighted by Gasteiger charge is -2.31. The molecule has 1 fully saturated rings. The number of carbonyl (C=O) groups excluding carboxylic acids is 1. The van der Waals surface area contributed by atoms with Gasteiger partial charge in [0.15, 0.2) is 0 Å². The van der Waals surface area contributed by atoms with Crippen LogP contribution in [0.2, 0.25) is 0 Å². The molecular formula is C8H16N2O3S. The van der Waals surface area contributed by atoms with Crippen molar-refractivity contribution >= 4 is 15.9 Å². The fourth-order valence-corrected chi connectivity index (χ4v) is 2.98. The second-order valence-electron chi connectivity index (χ2n) is 3.58. The summed E-state index contributed by atoms with van der Waals surface area (Å²) in [5, 5.41) is 3.08. The van der Waals surface area contributed by atoms with Crippen LogP contribution in [0.15, 0.2) is 0 Å². The number of sulfonamides is 1. The largest absolute Gasteiger partial charge is 0.315 e. The minimum atomic E-state index is -3.42. The zero-order valence-corrected chi connectivity index (χ0v) is 9.30. The Balaban J connectivity index is 2.82. The molecule has 1 aliphatic rings. The van der Waals surface area contributed by atoms with E-state index >= 15 is 0 Å². The number of nitrogens with zero attached hydrogens (tertiary/aromatic N) is 1. The maximum atomic E-state index is 11.3. The number of amides is 1. The van der Waals surface area contributed by atoms with Gasteiger partial charge in [0.25, 0.3) is 0 Å². The summed E-state index contributed by atoms with van der Waals surface area (Å²) in [5.41, 5.74) is 0. The lowest BCUT2D eigenvalue weighted by atomic mass is 10.1. The molecule has 0 aromatic heterocycles. The van der Waals surface area contributed by atoms with Crippen LogP contribution in [0.1, 0.15) is 19.8 Å². The summed E-state index contributed by atoms with van der Waals surface area (Å²) in [6.07, 6.45) is 2.73. The van der Waals surface area contributed by atoms with E-state index in [2.05, 4.69) is 5.32 Å². The van der Waals surface area contributed by atoms with Crippen molar-refractivity contribution in [3.8, 4) is 0 Å². The molecule has 1 rings (SSSR count). The summed E-state index contributed by atoms with van der Waals surface area (Å²) in [6.45, 7) is 2.74. The first-order valence-electron chi connectivity index (χ1n) is 4.63. The first-order valence-corrected chi connectivity index (χ1v) is 6.48. The summed E-state index contributed by atoms with van der Waals surface area (Å²) in [6, 6.07) is -0.212. The molecule has 1 aliphatic heterocycles. The molecule has 0 saturated carbocycles. The molecule has 1 unspecified atom stereocenters. The Bertz CT molecular complexity index is 307. The maximum absolute atomic E-state index is 11.3. The quantitative estimate of drug-likeness (QED) is 0.684. The summed E-state index contributed by atoms with van der Waals surface area (Å²) in [7, 11) is -3.42. The van der Waals surface area contributed by atoms with Crippen molar-refractivity contribution < 1.29 is 13.2 Å². The van der Waals surface area contributed by atoms with Crippen molar-refractivity contribution in [3.63, 3.8) is 0 Å². The van der Waals surface area contributed by atoms with Gasteiger partial charge in [-0.15, -0.1) is 0 Å². The Morgan fingerprint density at radius 3 is 2.50 bits per heavy atom. The van der Waals surface area contributed by atoms with Crippen LogP contribution in [0, 0.1) is 0 Å². The minimum Gasteiger partial charge on any atom is -0.315 e. The van der Waals surface area contributed by atoms with E-state index < -0.39 is 15.9 Å². The molecule has 0 radical (unpaired) electrons. The van der Waals surface area contributed by atoms with E-state index in [1.54, 1.807) is 0 Å². The summed E-state index contributed by atoms with van der Waals surface area (Å²) in [4.78, 5) is 11.2. The van der Waals surface area contributed by atoms with Gasteiger partial charge < -0.3 is 5.32 Å². The lowest BCUT2D eigenvalue weighted by molar-refractivity contribution is -0.125. The third-order valence-electron chi connectivity index (χ3n) is 2.27. The summed E-state index contributed by atoms with van der Waals surface area (Å²) in [5.74, 6) is -0.402. The molecule has 0 aromatic rings. The van der Waals surface area contributed by atoms with Crippen LogP contribution >= 0.6 is 0 Å². The Morgan fingerprint density at radius 1 is 1.50 bits per heavy atom. The molecule has 0 aromatic carbocycles. The second-order valence-corrected chi connectivity index (χ2v) is 5.44. The second kappa shape index (κ2) is 4.27. The summed E-state index contributed by atoms with van der Waals surface area (Å²) >= 11 is 0. The molecule has 6 heteroatoms. The van der Waals surface area contributed by atoms with Gasteiger partial charge in [0.1, 0.15) is 0 Å². The van der Waals surface area contributed by atoms with Gasteiger partial charge in [-0.1, -0.05) is 0 Å². The highest BCUT2D eigenvalue weighted by Gasteiger charge is 2.29. The molecule has 0 spiro atoms. The van der Waals surface area contributed by atoms with Crippen LogP contribution in [0.3, 0.4) is 0 Å². The van der Waals surface area contributed by atoms with Crippen LogP contribution in [0.5, 0.6) is 0 Å². The highest BCUT2D eigenvalue weighted by Crippen LogP contribution is 2.13. The number of hydrogen-bond acceptors (Lipinski definition) is 4. The molecule has 1 heterocycles. The molecule has 1 saturated heterocycles. The number of carbonyl (C=O) groups is 1. The minimum absolute atomic E-state index is 0.212. The standard InChI is InChI=1S/C8H16N2O3S/c1-7(11)10(14(2,12)13)8-4-3-5-9-6-8/h8-9H,3-6H2,1-2H3. The molecule has 0 bridgehead atoms. The number of nitrogens with one attached hydrogen (secondary N) is 1. The van der Waals surface area contributed by atoms with Gasteiger partial charge in [-0.05, 0) is 19.4 Å². The van der Waals surface area contributed by atoms with E-state index in [0.29, 0.717) is 6.54 Å². The van der Waals surface area contributed by atoms with E-state index in [0.717, 1.165) is 29.9 Å². The van der Waals surface area contributed by atoms with Gasteiger partial charge in [-0.25, -0.2) is 12.7 Å². The van der Waals surface area contributed by atoms with Crippen LogP contribution in [0.4, 0.5) is 0 Å². The third kappa shape index (κ3) is 2.68. The highest BCUT2D eigenvalue weighted by atomic mass is 32.2. The van der Waals surface area contributed by atoms with Crippen molar-refractivity contribution in [1.29, 1.82) is 0 Å². The van der Waals surface area contributed by atoms with Crippen molar-refractivity contribution in [1.82, 2.24) is 9.62 Å². The number of hydrogen-bond donors (Lipinski definition) is 1. The first-order chi connectivity index (χ1) is 6.43. The van der Waals surface area contributed by atoms with Crippen molar-refractivity contribution in [2.45, 2.75) is 25.8 Å². The molecule has 5 nitrogen and oxygen atoms in total. The maximum Gasteiger partial charge on any atom is 0.234 e. The smallest absolute Gasteiger partial charge is 0.234 e. The van der Waals surface area contributed by atoms with Crippen molar-refractivity contribution in [2.24, 2.45) is 0 Å². The Labute approximate surface area is 84.5 Å². The molecular weight excluding hydrogens is 204 g/mol. The van der Waals surface area contributed by atoms with E-state index in [9.17, 15) is 13.2 Å². The van der Waals surface area contributed by atoms with Gasteiger partial charge in [-0.3, -0.25) is 4.79 Å². The normalized spacial score (nSPS) is 23.1. The van der Waals surface area contributed by atoms with E-state index in [-0.39, 0.29) is 6.04 Å². The van der Waals surface area contributed by atoms with Crippen molar-refractivity contribution in [2.75, 3.05) is 19.3 Å². The number of piperidine rings is 1. The predicted molar refractivity (Wildman–Crippen MR) is 53.3 cm³/mol. The molecule has 14 heavy (non-hydrogen) atoms. The lowest BCUT2D eigenvalue weighted by Crippen LogP contribution is -2.50. The average Bonchev–Trinajstić information content (AvgIpc) is 2.02. The molecule has 1 N–H and O–H groups in total. The topological polar surface area (TPSA) is 66.5 Å². The average molecular weight is 220 g/mol. The van der Waals surface area contributed by atoms with Gasteiger partial charge in [0.2, 0.25) is 15.9 Å². The highest BCUT2D eigenvalue weighted by molar-refractivity contribution is 7.88. The molecule has 1 atom stereocenters. The van der Waals surface area contributed by atoms with Crippen molar-refractivity contribution in [3.05, 3.63) is 0 Å². The summed E-state index contributed by atoms with van der Waals surface area (Å²) < 4.78 is 23.7. The van der Waals surface area contributed by atoms with Gasteiger partial charge in [-0.2, -0.15) is 0 Å². The molecule has 1 amide bonds. The predicted octanol–water partition coefficient (Wildman–Crippen LogP) is -0.453. The molecule has 82 valence electrons. The number of rotatable bonds is 2. The van der Waals surface area contributed by atoms with E-state index in [4.69, 9.17) is 0 Å². The fourth-order valence-electron chi connectivity index (χ4n) is 1.80. The zero-order valence-electron chi connectivity index (χ0n) is 8.49. The van der Waals surface area contributed by atoms with E-state index in [1.807, 2.05) is 0 Å². The van der Waals surface area contributed by atoms with Gasteiger partial charge in [0, 0.05) is 13.5 Å². The monoisotopic (exact) mass is 220 g/mol. The Hall–Kier alpha value is -0.620.